The van der Waals surface area contributed by atoms with Gasteiger partial charge in [0.2, 0.25) is 11.8 Å². The van der Waals surface area contributed by atoms with E-state index < -0.39 is 35.8 Å². The first-order valence-corrected chi connectivity index (χ1v) is 9.19. The van der Waals surface area contributed by atoms with E-state index in [1.54, 1.807) is 13.0 Å². The number of para-hydroxylation sites is 1. The molecule has 1 aliphatic heterocycles. The second kappa shape index (κ2) is 8.24. The van der Waals surface area contributed by atoms with E-state index in [-0.39, 0.29) is 6.42 Å². The fourth-order valence-corrected chi connectivity index (χ4v) is 3.30. The Morgan fingerprint density at radius 1 is 1.13 bits per heavy atom. The van der Waals surface area contributed by atoms with E-state index in [1.165, 1.54) is 31.4 Å². The number of nitrogens with one attached hydrogen (secondary N) is 2. The van der Waals surface area contributed by atoms with Gasteiger partial charge in [-0.15, -0.1) is 0 Å². The minimum atomic E-state index is -1.20. The molecule has 2 aromatic rings. The molecule has 0 aliphatic carbocycles. The third kappa shape index (κ3) is 4.24. The number of anilines is 1. The molecule has 3 rings (SSSR count). The highest BCUT2D eigenvalue weighted by Crippen LogP contribution is 2.27. The molecule has 9 heteroatoms. The summed E-state index contributed by atoms with van der Waals surface area (Å²) in [4.78, 5) is 49.6. The maximum Gasteiger partial charge on any atom is 0.325 e. The average Bonchev–Trinajstić information content (AvgIpc) is 2.91. The first kappa shape index (κ1) is 20.8. The molecule has 1 saturated heterocycles. The predicted molar refractivity (Wildman–Crippen MR) is 109 cm³/mol. The third-order valence-corrected chi connectivity index (χ3v) is 4.84. The van der Waals surface area contributed by atoms with Crippen LogP contribution in [0.1, 0.15) is 22.8 Å². The van der Waals surface area contributed by atoms with Crippen LogP contribution in [0.2, 0.25) is 0 Å². The smallest absolute Gasteiger partial charge is 0.325 e. The highest BCUT2D eigenvalue weighted by atomic mass is 16.5. The van der Waals surface area contributed by atoms with Gasteiger partial charge in [-0.05, 0) is 42.8 Å². The van der Waals surface area contributed by atoms with Crippen molar-refractivity contribution in [3.8, 4) is 5.75 Å². The maximum atomic E-state index is 12.9. The first-order valence-electron chi connectivity index (χ1n) is 9.19. The molecule has 0 saturated carbocycles. The molecule has 0 unspecified atom stereocenters. The van der Waals surface area contributed by atoms with E-state index in [4.69, 9.17) is 10.5 Å². The molecule has 2 aromatic carbocycles. The maximum absolute atomic E-state index is 12.9. The van der Waals surface area contributed by atoms with E-state index >= 15 is 0 Å². The Hall–Kier alpha value is -3.88. The molecule has 156 valence electrons. The number of methoxy groups -OCH3 is 1. The topological polar surface area (TPSA) is 131 Å². The van der Waals surface area contributed by atoms with E-state index in [2.05, 4.69) is 10.6 Å². The highest BCUT2D eigenvalue weighted by molar-refractivity contribution is 6.10. The van der Waals surface area contributed by atoms with Gasteiger partial charge in [0, 0.05) is 17.7 Å². The second-order valence-corrected chi connectivity index (χ2v) is 7.13. The summed E-state index contributed by atoms with van der Waals surface area (Å²) in [5, 5.41) is 5.26. The van der Waals surface area contributed by atoms with E-state index in [1.807, 2.05) is 18.2 Å². The van der Waals surface area contributed by atoms with Crippen molar-refractivity contribution in [2.45, 2.75) is 18.9 Å². The number of hydrogen-bond donors (Lipinski definition) is 3. The van der Waals surface area contributed by atoms with Gasteiger partial charge >= 0.3 is 6.03 Å². The molecule has 30 heavy (non-hydrogen) atoms. The Morgan fingerprint density at radius 2 is 1.80 bits per heavy atom. The minimum absolute atomic E-state index is 0.217. The summed E-state index contributed by atoms with van der Waals surface area (Å²) in [6.45, 7) is 1.17. The quantitative estimate of drug-likeness (QED) is 0.592. The van der Waals surface area contributed by atoms with Gasteiger partial charge in [0.1, 0.15) is 17.8 Å². The highest BCUT2D eigenvalue weighted by Gasteiger charge is 2.48. The first-order chi connectivity index (χ1) is 14.2. The van der Waals surface area contributed by atoms with Crippen molar-refractivity contribution in [2.75, 3.05) is 19.0 Å². The van der Waals surface area contributed by atoms with Crippen LogP contribution < -0.4 is 21.1 Å². The summed E-state index contributed by atoms with van der Waals surface area (Å²) in [5.41, 5.74) is 5.45. The summed E-state index contributed by atoms with van der Waals surface area (Å²) >= 11 is 0. The van der Waals surface area contributed by atoms with Crippen molar-refractivity contribution in [1.82, 2.24) is 10.2 Å². The number of imide groups is 1. The lowest BCUT2D eigenvalue weighted by Crippen LogP contribution is -2.46. The van der Waals surface area contributed by atoms with Gasteiger partial charge in [-0.2, -0.15) is 0 Å². The molecule has 0 spiro atoms. The number of benzene rings is 2. The number of urea groups is 1. The molecule has 0 radical (unpaired) electrons. The Labute approximate surface area is 173 Å². The predicted octanol–water partition coefficient (Wildman–Crippen LogP) is 1.29. The molecular formula is C21H22N4O5. The van der Waals surface area contributed by atoms with Gasteiger partial charge in [0.05, 0.1) is 7.11 Å². The molecule has 1 aliphatic rings. The molecule has 0 aromatic heterocycles. The standard InChI is InChI=1S/C21H22N4O5/c1-21(11-14-5-3-4-6-16(14)30-2)19(28)25(20(29)24-21)12-17(26)23-15-9-7-13(8-10-15)18(22)27/h3-10H,11-12H2,1-2H3,(H2,22,27)(H,23,26)(H,24,29)/t21-/m0/s1. The normalized spacial score (nSPS) is 18.1. The van der Waals surface area contributed by atoms with Crippen LogP contribution in [0.3, 0.4) is 0 Å². The number of carbonyl (C=O) groups is 4. The zero-order chi connectivity index (χ0) is 21.9. The molecule has 5 amide bonds. The number of hydrogen-bond acceptors (Lipinski definition) is 5. The summed E-state index contributed by atoms with van der Waals surface area (Å²) in [6.07, 6.45) is 0.217. The number of nitrogens with zero attached hydrogens (tertiary/aromatic N) is 1. The number of nitrogens with two attached hydrogens (primary N) is 1. The molecular weight excluding hydrogens is 388 g/mol. The Balaban J connectivity index is 1.68. The van der Waals surface area contributed by atoms with Crippen LogP contribution in [0.15, 0.2) is 48.5 Å². The number of rotatable bonds is 7. The van der Waals surface area contributed by atoms with Crippen molar-refractivity contribution in [2.24, 2.45) is 5.73 Å². The van der Waals surface area contributed by atoms with E-state index in [0.29, 0.717) is 17.0 Å². The molecule has 4 N–H and O–H groups in total. The van der Waals surface area contributed by atoms with Gasteiger partial charge < -0.3 is 21.1 Å². The van der Waals surface area contributed by atoms with Crippen LogP contribution in [0.5, 0.6) is 5.75 Å². The SMILES string of the molecule is COc1ccccc1C[C@]1(C)NC(=O)N(CC(=O)Nc2ccc(C(N)=O)cc2)C1=O. The number of amides is 5. The van der Waals surface area contributed by atoms with Crippen molar-refractivity contribution in [3.63, 3.8) is 0 Å². The Bertz CT molecular complexity index is 1000. The van der Waals surface area contributed by atoms with Crippen molar-refractivity contribution < 1.29 is 23.9 Å². The van der Waals surface area contributed by atoms with Gasteiger partial charge in [-0.3, -0.25) is 19.3 Å². The van der Waals surface area contributed by atoms with Crippen LogP contribution in [-0.2, 0) is 16.0 Å². The van der Waals surface area contributed by atoms with Crippen LogP contribution in [0.4, 0.5) is 10.5 Å². The monoisotopic (exact) mass is 410 g/mol. The fourth-order valence-electron chi connectivity index (χ4n) is 3.30. The number of primary amides is 1. The van der Waals surface area contributed by atoms with E-state index in [0.717, 1.165) is 10.5 Å². The molecule has 1 atom stereocenters. The summed E-state index contributed by atoms with van der Waals surface area (Å²) in [6, 6.07) is 12.5. The van der Waals surface area contributed by atoms with Crippen molar-refractivity contribution in [3.05, 3.63) is 59.7 Å². The molecule has 0 bridgehead atoms. The molecule has 1 fully saturated rings. The van der Waals surface area contributed by atoms with Crippen LogP contribution in [0.25, 0.3) is 0 Å². The van der Waals surface area contributed by atoms with Gasteiger partial charge in [-0.1, -0.05) is 18.2 Å². The summed E-state index contributed by atoms with van der Waals surface area (Å²) in [7, 11) is 1.53. The van der Waals surface area contributed by atoms with Gasteiger partial charge in [0.15, 0.2) is 0 Å². The van der Waals surface area contributed by atoms with Gasteiger partial charge in [-0.25, -0.2) is 4.79 Å². The zero-order valence-electron chi connectivity index (χ0n) is 16.6. The van der Waals surface area contributed by atoms with Crippen molar-refractivity contribution in [1.29, 1.82) is 0 Å². The largest absolute Gasteiger partial charge is 0.496 e. The lowest BCUT2D eigenvalue weighted by atomic mass is 9.92. The Kier molecular flexibility index (Phi) is 5.72. The lowest BCUT2D eigenvalue weighted by Gasteiger charge is -2.22. The van der Waals surface area contributed by atoms with Crippen LogP contribution in [-0.4, -0.2) is 47.8 Å². The Morgan fingerprint density at radius 3 is 2.43 bits per heavy atom. The minimum Gasteiger partial charge on any atom is -0.496 e. The lowest BCUT2D eigenvalue weighted by molar-refractivity contribution is -0.133. The van der Waals surface area contributed by atoms with Crippen molar-refractivity contribution >= 4 is 29.4 Å². The average molecular weight is 410 g/mol. The van der Waals surface area contributed by atoms with Crippen LogP contribution >= 0.6 is 0 Å². The van der Waals surface area contributed by atoms with E-state index in [9.17, 15) is 19.2 Å². The zero-order valence-corrected chi connectivity index (χ0v) is 16.6. The van der Waals surface area contributed by atoms with Crippen LogP contribution in [0, 0.1) is 0 Å². The summed E-state index contributed by atoms with van der Waals surface area (Å²) < 4.78 is 5.31. The summed E-state index contributed by atoms with van der Waals surface area (Å²) in [5.74, 6) is -1.03. The fraction of sp³-hybridized carbons (Fsp3) is 0.238. The second-order valence-electron chi connectivity index (χ2n) is 7.13. The van der Waals surface area contributed by atoms with Gasteiger partial charge in [0.25, 0.3) is 5.91 Å². The third-order valence-electron chi connectivity index (χ3n) is 4.84. The molecule has 1 heterocycles. The number of ether oxygens (including phenoxy) is 1. The molecule has 9 nitrogen and oxygen atoms in total. The number of carbonyl (C=O) groups excluding carboxylic acids is 4.